The number of hydrogen-bond donors (Lipinski definition) is 1. The highest BCUT2D eigenvalue weighted by atomic mass is 16.4. The summed E-state index contributed by atoms with van der Waals surface area (Å²) in [5.74, 6) is -0.656. The second-order valence-electron chi connectivity index (χ2n) is 9.68. The molecule has 180 valence electrons. The summed E-state index contributed by atoms with van der Waals surface area (Å²) in [6.07, 6.45) is 31.1. The monoisotopic (exact) mass is 424 g/mol. The number of aliphatic carboxylic acids is 1. The first-order chi connectivity index (χ1) is 14.7. The Hall–Kier alpha value is -0.530. The van der Waals surface area contributed by atoms with Crippen molar-refractivity contribution in [3.8, 4) is 0 Å². The van der Waals surface area contributed by atoms with Crippen molar-refractivity contribution in [3.63, 3.8) is 0 Å². The molecule has 0 aromatic carbocycles. The van der Waals surface area contributed by atoms with Crippen molar-refractivity contribution in [1.29, 1.82) is 0 Å². The van der Waals surface area contributed by atoms with E-state index in [4.69, 9.17) is 0 Å². The standard InChI is InChI=1S/C28H56O2/c1-3-5-7-9-11-13-15-17-19-21-23-25-27(28(29)30)26-24-22-20-18-16-14-12-10-8-6-4-2/h27H,3-26H2,1-2H3,(H,29,30). The second-order valence-corrected chi connectivity index (χ2v) is 9.68. The summed E-state index contributed by atoms with van der Waals surface area (Å²) in [6.45, 7) is 4.54. The van der Waals surface area contributed by atoms with Gasteiger partial charge in [-0.25, -0.2) is 0 Å². The van der Waals surface area contributed by atoms with Crippen LogP contribution in [0.1, 0.15) is 168 Å². The average molecular weight is 425 g/mol. The van der Waals surface area contributed by atoms with E-state index in [2.05, 4.69) is 13.8 Å². The van der Waals surface area contributed by atoms with Gasteiger partial charge >= 0.3 is 5.97 Å². The lowest BCUT2D eigenvalue weighted by atomic mass is 9.94. The van der Waals surface area contributed by atoms with Crippen LogP contribution in [0.5, 0.6) is 0 Å². The van der Waals surface area contributed by atoms with E-state index in [1.807, 2.05) is 0 Å². The fourth-order valence-corrected chi connectivity index (χ4v) is 4.50. The number of carboxylic acids is 1. The molecular weight excluding hydrogens is 368 g/mol. The first-order valence-corrected chi connectivity index (χ1v) is 13.9. The van der Waals surface area contributed by atoms with Crippen molar-refractivity contribution < 1.29 is 9.90 Å². The Morgan fingerprint density at radius 3 is 0.933 bits per heavy atom. The summed E-state index contributed by atoms with van der Waals surface area (Å²) < 4.78 is 0. The molecule has 0 aromatic heterocycles. The first kappa shape index (κ1) is 29.5. The first-order valence-electron chi connectivity index (χ1n) is 13.9. The highest BCUT2D eigenvalue weighted by Gasteiger charge is 2.16. The van der Waals surface area contributed by atoms with Crippen LogP contribution in [0.3, 0.4) is 0 Å². The minimum absolute atomic E-state index is 0.0952. The lowest BCUT2D eigenvalue weighted by molar-refractivity contribution is -0.142. The summed E-state index contributed by atoms with van der Waals surface area (Å²) in [4.78, 5) is 11.5. The van der Waals surface area contributed by atoms with Crippen molar-refractivity contribution in [3.05, 3.63) is 0 Å². The largest absolute Gasteiger partial charge is 0.481 e. The number of unbranched alkanes of at least 4 members (excludes halogenated alkanes) is 20. The Morgan fingerprint density at radius 1 is 0.467 bits per heavy atom. The van der Waals surface area contributed by atoms with Gasteiger partial charge in [0.05, 0.1) is 5.92 Å². The molecule has 1 N–H and O–H groups in total. The van der Waals surface area contributed by atoms with Gasteiger partial charge in [0.1, 0.15) is 0 Å². The molecule has 0 heterocycles. The zero-order valence-corrected chi connectivity index (χ0v) is 20.9. The summed E-state index contributed by atoms with van der Waals surface area (Å²) in [6, 6.07) is 0. The van der Waals surface area contributed by atoms with E-state index in [1.54, 1.807) is 0 Å². The van der Waals surface area contributed by atoms with Crippen LogP contribution >= 0.6 is 0 Å². The van der Waals surface area contributed by atoms with Crippen LogP contribution in [-0.2, 0) is 4.79 Å². The minimum atomic E-state index is -0.561. The Kier molecular flexibility index (Phi) is 24.3. The lowest BCUT2D eigenvalue weighted by Gasteiger charge is -2.12. The zero-order valence-electron chi connectivity index (χ0n) is 20.9. The molecule has 0 radical (unpaired) electrons. The predicted octanol–water partition coefficient (Wildman–Crippen LogP) is 10.1. The Labute approximate surface area is 190 Å². The molecule has 2 heteroatoms. The van der Waals surface area contributed by atoms with Crippen LogP contribution in [0.2, 0.25) is 0 Å². The molecule has 0 rings (SSSR count). The number of rotatable bonds is 25. The lowest BCUT2D eigenvalue weighted by Crippen LogP contribution is -2.13. The van der Waals surface area contributed by atoms with E-state index < -0.39 is 5.97 Å². The van der Waals surface area contributed by atoms with Crippen molar-refractivity contribution in [2.75, 3.05) is 0 Å². The van der Waals surface area contributed by atoms with Crippen LogP contribution in [0, 0.1) is 5.92 Å². The van der Waals surface area contributed by atoms with E-state index in [9.17, 15) is 9.90 Å². The predicted molar refractivity (Wildman–Crippen MR) is 133 cm³/mol. The third-order valence-corrected chi connectivity index (χ3v) is 6.66. The second kappa shape index (κ2) is 24.7. The van der Waals surface area contributed by atoms with Gasteiger partial charge in [0.2, 0.25) is 0 Å². The van der Waals surface area contributed by atoms with E-state index in [1.165, 1.54) is 128 Å². The molecule has 0 bridgehead atoms. The number of carbonyl (C=O) groups is 1. The van der Waals surface area contributed by atoms with E-state index in [0.29, 0.717) is 0 Å². The molecule has 0 aliphatic carbocycles. The molecular formula is C28H56O2. The molecule has 0 aromatic rings. The quantitative estimate of drug-likeness (QED) is 0.148. The van der Waals surface area contributed by atoms with Crippen LogP contribution in [0.25, 0.3) is 0 Å². The molecule has 0 aliphatic rings. The highest BCUT2D eigenvalue weighted by Crippen LogP contribution is 2.20. The topological polar surface area (TPSA) is 37.3 Å². The Bertz CT molecular complexity index is 314. The van der Waals surface area contributed by atoms with Gasteiger partial charge in [-0.3, -0.25) is 4.79 Å². The molecule has 0 amide bonds. The molecule has 0 aliphatic heterocycles. The molecule has 0 spiro atoms. The van der Waals surface area contributed by atoms with E-state index >= 15 is 0 Å². The van der Waals surface area contributed by atoms with Gasteiger partial charge in [-0.1, -0.05) is 155 Å². The smallest absolute Gasteiger partial charge is 0.306 e. The van der Waals surface area contributed by atoms with Gasteiger partial charge in [0, 0.05) is 0 Å². The maximum Gasteiger partial charge on any atom is 0.306 e. The zero-order chi connectivity index (χ0) is 22.1. The maximum atomic E-state index is 11.5. The van der Waals surface area contributed by atoms with Crippen LogP contribution < -0.4 is 0 Å². The molecule has 30 heavy (non-hydrogen) atoms. The van der Waals surface area contributed by atoms with Crippen LogP contribution in [-0.4, -0.2) is 11.1 Å². The van der Waals surface area contributed by atoms with Gasteiger partial charge in [0.15, 0.2) is 0 Å². The van der Waals surface area contributed by atoms with Crippen LogP contribution in [0.15, 0.2) is 0 Å². The Morgan fingerprint density at radius 2 is 0.700 bits per heavy atom. The highest BCUT2D eigenvalue weighted by molar-refractivity contribution is 5.69. The fourth-order valence-electron chi connectivity index (χ4n) is 4.50. The SMILES string of the molecule is CCCCCCCCCCCCCC(CCCCCCCCCCCCC)C(=O)O. The third kappa shape index (κ3) is 22.2. The summed E-state index contributed by atoms with van der Waals surface area (Å²) in [5.41, 5.74) is 0. The average Bonchev–Trinajstić information content (AvgIpc) is 2.74. The molecule has 0 fully saturated rings. The minimum Gasteiger partial charge on any atom is -0.481 e. The summed E-state index contributed by atoms with van der Waals surface area (Å²) in [5, 5.41) is 9.50. The fraction of sp³-hybridized carbons (Fsp3) is 0.964. The Balaban J connectivity index is 3.43. The van der Waals surface area contributed by atoms with Crippen molar-refractivity contribution in [2.45, 2.75) is 168 Å². The summed E-state index contributed by atoms with van der Waals surface area (Å²) in [7, 11) is 0. The van der Waals surface area contributed by atoms with Gasteiger partial charge < -0.3 is 5.11 Å². The molecule has 2 nitrogen and oxygen atoms in total. The van der Waals surface area contributed by atoms with Crippen LogP contribution in [0.4, 0.5) is 0 Å². The van der Waals surface area contributed by atoms with Gasteiger partial charge in [0.25, 0.3) is 0 Å². The molecule has 0 saturated heterocycles. The van der Waals surface area contributed by atoms with E-state index in [0.717, 1.165) is 25.7 Å². The van der Waals surface area contributed by atoms with Crippen molar-refractivity contribution in [1.82, 2.24) is 0 Å². The van der Waals surface area contributed by atoms with Gasteiger partial charge in [-0.2, -0.15) is 0 Å². The van der Waals surface area contributed by atoms with E-state index in [-0.39, 0.29) is 5.92 Å². The normalized spacial score (nSPS) is 11.4. The molecule has 0 unspecified atom stereocenters. The number of carboxylic acid groups (broad SMARTS) is 1. The molecule has 0 atom stereocenters. The van der Waals surface area contributed by atoms with Crippen molar-refractivity contribution in [2.24, 2.45) is 5.92 Å². The molecule has 0 saturated carbocycles. The third-order valence-electron chi connectivity index (χ3n) is 6.66. The number of hydrogen-bond acceptors (Lipinski definition) is 1. The van der Waals surface area contributed by atoms with Crippen molar-refractivity contribution >= 4 is 5.97 Å². The maximum absolute atomic E-state index is 11.5. The summed E-state index contributed by atoms with van der Waals surface area (Å²) >= 11 is 0. The van der Waals surface area contributed by atoms with Gasteiger partial charge in [-0.15, -0.1) is 0 Å². The van der Waals surface area contributed by atoms with Gasteiger partial charge in [-0.05, 0) is 12.8 Å².